The normalized spacial score (nSPS) is 13.4. The molecule has 1 fully saturated rings. The number of likely N-dealkylation sites (N-methyl/N-ethyl adjacent to an activating group) is 1. The highest BCUT2D eigenvalue weighted by atomic mass is 16.5. The fourth-order valence-corrected chi connectivity index (χ4v) is 4.05. The number of hydrogen-bond acceptors (Lipinski definition) is 4. The Morgan fingerprint density at radius 2 is 1.75 bits per heavy atom. The zero-order valence-corrected chi connectivity index (χ0v) is 18.1. The predicted molar refractivity (Wildman–Crippen MR) is 123 cm³/mol. The summed E-state index contributed by atoms with van der Waals surface area (Å²) >= 11 is 0. The molecule has 32 heavy (non-hydrogen) atoms. The summed E-state index contributed by atoms with van der Waals surface area (Å²) in [5.74, 6) is -0.656. The highest BCUT2D eigenvalue weighted by Gasteiger charge is 2.21. The van der Waals surface area contributed by atoms with Crippen molar-refractivity contribution in [1.82, 2.24) is 4.90 Å². The van der Waals surface area contributed by atoms with Gasteiger partial charge in [-0.15, -0.1) is 0 Å². The van der Waals surface area contributed by atoms with Crippen LogP contribution in [-0.4, -0.2) is 42.4 Å². The molecule has 4 rings (SSSR count). The molecule has 0 N–H and O–H groups in total. The molecule has 2 amide bonds. The van der Waals surface area contributed by atoms with Gasteiger partial charge in [-0.05, 0) is 42.5 Å². The molecule has 0 unspecified atom stereocenters. The van der Waals surface area contributed by atoms with Crippen LogP contribution in [0.5, 0.6) is 0 Å². The average Bonchev–Trinajstić information content (AvgIpc) is 3.22. The molecule has 0 spiro atoms. The Morgan fingerprint density at radius 3 is 2.47 bits per heavy atom. The molecule has 1 aliphatic rings. The molecule has 0 aliphatic carbocycles. The van der Waals surface area contributed by atoms with Crippen LogP contribution < -0.4 is 4.90 Å². The first kappa shape index (κ1) is 21.6. The molecular formula is C26H26N2O4. The minimum Gasteiger partial charge on any atom is -0.452 e. The number of hydrogen-bond donors (Lipinski definition) is 0. The molecule has 164 valence electrons. The standard InChI is InChI=1S/C26H26N2O4/c1-2-28(23-10-5-8-20-7-3-4-9-22(20)23)25(30)18-32-26(31)21-14-12-19(13-15-21)17-27-16-6-11-24(27)29/h3-5,7-10,12-15H,2,6,11,16-18H2,1H3. The maximum absolute atomic E-state index is 12.8. The van der Waals surface area contributed by atoms with Gasteiger partial charge >= 0.3 is 5.97 Å². The lowest BCUT2D eigenvalue weighted by Gasteiger charge is -2.22. The molecule has 1 heterocycles. The molecule has 0 aromatic heterocycles. The summed E-state index contributed by atoms with van der Waals surface area (Å²) in [6, 6.07) is 20.7. The number of ether oxygens (including phenoxy) is 1. The molecule has 0 radical (unpaired) electrons. The van der Waals surface area contributed by atoms with Crippen LogP contribution in [0.2, 0.25) is 0 Å². The van der Waals surface area contributed by atoms with Crippen LogP contribution in [0.1, 0.15) is 35.7 Å². The van der Waals surface area contributed by atoms with Crippen molar-refractivity contribution in [2.75, 3.05) is 24.6 Å². The second kappa shape index (κ2) is 9.64. The summed E-state index contributed by atoms with van der Waals surface area (Å²) in [4.78, 5) is 40.5. The number of carbonyl (C=O) groups is 3. The Balaban J connectivity index is 1.38. The van der Waals surface area contributed by atoms with Gasteiger partial charge in [0.25, 0.3) is 5.91 Å². The topological polar surface area (TPSA) is 66.9 Å². The van der Waals surface area contributed by atoms with E-state index in [1.165, 1.54) is 0 Å². The van der Waals surface area contributed by atoms with Gasteiger partial charge in [-0.2, -0.15) is 0 Å². The van der Waals surface area contributed by atoms with Crippen LogP contribution in [0, 0.1) is 0 Å². The van der Waals surface area contributed by atoms with Crippen LogP contribution in [0.25, 0.3) is 10.8 Å². The minimum absolute atomic E-state index is 0.165. The van der Waals surface area contributed by atoms with Crippen molar-refractivity contribution < 1.29 is 19.1 Å². The number of nitrogens with zero attached hydrogens (tertiary/aromatic N) is 2. The molecule has 6 nitrogen and oxygen atoms in total. The van der Waals surface area contributed by atoms with Gasteiger partial charge in [-0.3, -0.25) is 9.59 Å². The largest absolute Gasteiger partial charge is 0.452 e. The summed E-state index contributed by atoms with van der Waals surface area (Å²) in [5, 5.41) is 2.02. The molecule has 6 heteroatoms. The van der Waals surface area contributed by atoms with Crippen molar-refractivity contribution >= 4 is 34.2 Å². The predicted octanol–water partition coefficient (Wildman–Crippen LogP) is 4.17. The summed E-state index contributed by atoms with van der Waals surface area (Å²) in [6.07, 6.45) is 1.50. The van der Waals surface area contributed by atoms with Crippen LogP contribution in [-0.2, 0) is 20.9 Å². The molecule has 1 aliphatic heterocycles. The fourth-order valence-electron chi connectivity index (χ4n) is 4.05. The van der Waals surface area contributed by atoms with Gasteiger partial charge in [0, 0.05) is 31.4 Å². The monoisotopic (exact) mass is 430 g/mol. The van der Waals surface area contributed by atoms with Crippen molar-refractivity contribution in [3.8, 4) is 0 Å². The van der Waals surface area contributed by atoms with Gasteiger partial charge in [0.1, 0.15) is 0 Å². The lowest BCUT2D eigenvalue weighted by molar-refractivity contribution is -0.128. The van der Waals surface area contributed by atoms with Gasteiger partial charge in [0.15, 0.2) is 6.61 Å². The van der Waals surface area contributed by atoms with Crippen molar-refractivity contribution in [2.45, 2.75) is 26.3 Å². The summed E-state index contributed by atoms with van der Waals surface area (Å²) < 4.78 is 5.30. The third-order valence-corrected chi connectivity index (χ3v) is 5.74. The first-order chi connectivity index (χ1) is 15.6. The number of anilines is 1. The Labute approximate surface area is 187 Å². The Hall–Kier alpha value is -3.67. The molecule has 0 atom stereocenters. The van der Waals surface area contributed by atoms with E-state index < -0.39 is 5.97 Å². The number of esters is 1. The maximum Gasteiger partial charge on any atom is 0.338 e. The Kier molecular flexibility index (Phi) is 6.50. The molecule has 3 aromatic carbocycles. The fraction of sp³-hybridized carbons (Fsp3) is 0.269. The SMILES string of the molecule is CCN(C(=O)COC(=O)c1ccc(CN2CCCC2=O)cc1)c1cccc2ccccc12. The number of rotatable bonds is 7. The smallest absolute Gasteiger partial charge is 0.338 e. The zero-order chi connectivity index (χ0) is 22.5. The van der Waals surface area contributed by atoms with Gasteiger partial charge in [-0.25, -0.2) is 4.79 Å². The summed E-state index contributed by atoms with van der Waals surface area (Å²) in [7, 11) is 0. The van der Waals surface area contributed by atoms with Crippen molar-refractivity contribution in [3.63, 3.8) is 0 Å². The van der Waals surface area contributed by atoms with Gasteiger partial charge in [-0.1, -0.05) is 48.5 Å². The number of likely N-dealkylation sites (tertiary alicyclic amines) is 1. The molecule has 0 saturated carbocycles. The number of fused-ring (bicyclic) bond motifs is 1. The van der Waals surface area contributed by atoms with Crippen molar-refractivity contribution in [1.29, 1.82) is 0 Å². The van der Waals surface area contributed by atoms with Crippen LogP contribution >= 0.6 is 0 Å². The van der Waals surface area contributed by atoms with E-state index in [4.69, 9.17) is 4.74 Å². The third-order valence-electron chi connectivity index (χ3n) is 5.74. The lowest BCUT2D eigenvalue weighted by atomic mass is 10.1. The van der Waals surface area contributed by atoms with Gasteiger partial charge < -0.3 is 14.5 Å². The number of amides is 2. The minimum atomic E-state index is -0.545. The molecular weight excluding hydrogens is 404 g/mol. The Morgan fingerprint density at radius 1 is 1.00 bits per heavy atom. The second-order valence-corrected chi connectivity index (χ2v) is 7.83. The van der Waals surface area contributed by atoms with Crippen molar-refractivity contribution in [3.05, 3.63) is 77.9 Å². The number of carbonyl (C=O) groups excluding carboxylic acids is 3. The van der Waals surface area contributed by atoms with E-state index in [1.807, 2.05) is 66.4 Å². The summed E-state index contributed by atoms with van der Waals surface area (Å²) in [5.41, 5.74) is 2.14. The average molecular weight is 431 g/mol. The highest BCUT2D eigenvalue weighted by Crippen LogP contribution is 2.26. The zero-order valence-electron chi connectivity index (χ0n) is 18.1. The molecule has 3 aromatic rings. The highest BCUT2D eigenvalue weighted by molar-refractivity contribution is 6.04. The molecule has 0 bridgehead atoms. The van der Waals surface area contributed by atoms with E-state index in [1.54, 1.807) is 17.0 Å². The second-order valence-electron chi connectivity index (χ2n) is 7.83. The first-order valence-electron chi connectivity index (χ1n) is 10.9. The maximum atomic E-state index is 12.8. The quantitative estimate of drug-likeness (QED) is 0.528. The Bertz CT molecular complexity index is 1130. The first-order valence-corrected chi connectivity index (χ1v) is 10.9. The summed E-state index contributed by atoms with van der Waals surface area (Å²) in [6.45, 7) is 3.35. The van der Waals surface area contributed by atoms with E-state index in [9.17, 15) is 14.4 Å². The van der Waals surface area contributed by atoms with E-state index in [-0.39, 0.29) is 18.4 Å². The molecule has 1 saturated heterocycles. The third kappa shape index (κ3) is 4.64. The van der Waals surface area contributed by atoms with Crippen molar-refractivity contribution in [2.24, 2.45) is 0 Å². The van der Waals surface area contributed by atoms with E-state index in [0.717, 1.165) is 35.0 Å². The van der Waals surface area contributed by atoms with Gasteiger partial charge in [0.05, 0.1) is 11.3 Å². The van der Waals surface area contributed by atoms with Crippen LogP contribution in [0.3, 0.4) is 0 Å². The van der Waals surface area contributed by atoms with Crippen LogP contribution in [0.15, 0.2) is 66.7 Å². The van der Waals surface area contributed by atoms with E-state index in [0.29, 0.717) is 25.1 Å². The van der Waals surface area contributed by atoms with Gasteiger partial charge in [0.2, 0.25) is 5.91 Å². The lowest BCUT2D eigenvalue weighted by Crippen LogP contribution is -2.34. The van der Waals surface area contributed by atoms with E-state index in [2.05, 4.69) is 0 Å². The number of benzene rings is 3. The van der Waals surface area contributed by atoms with Crippen LogP contribution in [0.4, 0.5) is 5.69 Å². The van der Waals surface area contributed by atoms with E-state index >= 15 is 0 Å².